The van der Waals surface area contributed by atoms with Gasteiger partial charge in [0.15, 0.2) is 0 Å². The van der Waals surface area contributed by atoms with E-state index in [2.05, 4.69) is 27.0 Å². The van der Waals surface area contributed by atoms with Crippen LogP contribution in [0.25, 0.3) is 0 Å². The topological polar surface area (TPSA) is 41.6 Å². The molecule has 0 radical (unpaired) electrons. The molecule has 0 spiro atoms. The lowest BCUT2D eigenvalue weighted by Gasteiger charge is -2.24. The molecule has 0 saturated heterocycles. The fourth-order valence-electron chi connectivity index (χ4n) is 2.32. The molecule has 4 nitrogen and oxygen atoms in total. The van der Waals surface area contributed by atoms with Gasteiger partial charge in [-0.3, -0.25) is 4.79 Å². The van der Waals surface area contributed by atoms with Crippen LogP contribution in [0.5, 0.6) is 5.75 Å². The summed E-state index contributed by atoms with van der Waals surface area (Å²) in [6.45, 7) is 1.12. The molecule has 2 aromatic rings. The molecule has 0 aliphatic heterocycles. The molecule has 0 fully saturated rings. The summed E-state index contributed by atoms with van der Waals surface area (Å²) in [6, 6.07) is 9.52. The van der Waals surface area contributed by atoms with Gasteiger partial charge in [-0.25, -0.2) is 0 Å². The lowest BCUT2D eigenvalue weighted by molar-refractivity contribution is -0.121. The van der Waals surface area contributed by atoms with Gasteiger partial charge in [0.1, 0.15) is 5.75 Å². The first kappa shape index (κ1) is 18.8. The first-order valence-corrected chi connectivity index (χ1v) is 9.22. The van der Waals surface area contributed by atoms with Crippen LogP contribution >= 0.6 is 22.9 Å². The number of rotatable bonds is 9. The lowest BCUT2D eigenvalue weighted by atomic mass is 10.1. The second kappa shape index (κ2) is 9.67. The van der Waals surface area contributed by atoms with Gasteiger partial charge in [-0.05, 0) is 67.2 Å². The predicted octanol–water partition coefficient (Wildman–Crippen LogP) is 3.98. The van der Waals surface area contributed by atoms with Crippen LogP contribution in [-0.4, -0.2) is 38.1 Å². The van der Waals surface area contributed by atoms with Gasteiger partial charge < -0.3 is 15.0 Å². The third-order valence-corrected chi connectivity index (χ3v) is 4.63. The summed E-state index contributed by atoms with van der Waals surface area (Å²) >= 11 is 7.49. The molecule has 0 aliphatic rings. The minimum atomic E-state index is 0.0526. The number of amides is 1. The number of benzene rings is 1. The van der Waals surface area contributed by atoms with Crippen LogP contribution in [0.1, 0.15) is 24.4 Å². The molecule has 130 valence electrons. The minimum absolute atomic E-state index is 0.0526. The zero-order valence-electron chi connectivity index (χ0n) is 14.0. The molecule has 0 bridgehead atoms. The highest BCUT2D eigenvalue weighted by molar-refractivity contribution is 7.07. The molecule has 1 atom stereocenters. The Labute approximate surface area is 152 Å². The van der Waals surface area contributed by atoms with Crippen LogP contribution in [0.15, 0.2) is 41.1 Å². The Morgan fingerprint density at radius 1 is 1.29 bits per heavy atom. The van der Waals surface area contributed by atoms with Gasteiger partial charge >= 0.3 is 0 Å². The van der Waals surface area contributed by atoms with Crippen molar-refractivity contribution < 1.29 is 9.53 Å². The summed E-state index contributed by atoms with van der Waals surface area (Å²) in [4.78, 5) is 14.1. The second-order valence-electron chi connectivity index (χ2n) is 5.75. The van der Waals surface area contributed by atoms with Gasteiger partial charge in [-0.15, -0.1) is 0 Å². The van der Waals surface area contributed by atoms with Crippen LogP contribution in [-0.2, 0) is 4.79 Å². The maximum absolute atomic E-state index is 12.0. The number of hydrogen-bond donors (Lipinski definition) is 1. The monoisotopic (exact) mass is 366 g/mol. The third kappa shape index (κ3) is 6.15. The number of carbonyl (C=O) groups excluding carboxylic acids is 1. The van der Waals surface area contributed by atoms with Crippen LogP contribution < -0.4 is 10.1 Å². The number of ether oxygens (including phenoxy) is 1. The van der Waals surface area contributed by atoms with Gasteiger partial charge in [0, 0.05) is 18.0 Å². The highest BCUT2D eigenvalue weighted by Crippen LogP contribution is 2.20. The van der Waals surface area contributed by atoms with Crippen molar-refractivity contribution in [3.8, 4) is 5.75 Å². The smallest absolute Gasteiger partial charge is 0.220 e. The van der Waals surface area contributed by atoms with Crippen LogP contribution in [0.4, 0.5) is 0 Å². The number of halogens is 1. The van der Waals surface area contributed by atoms with Crippen molar-refractivity contribution >= 4 is 28.8 Å². The van der Waals surface area contributed by atoms with Crippen molar-refractivity contribution in [3.63, 3.8) is 0 Å². The Morgan fingerprint density at radius 3 is 2.67 bits per heavy atom. The molecule has 0 aliphatic carbocycles. The summed E-state index contributed by atoms with van der Waals surface area (Å²) in [5.41, 5.74) is 1.23. The van der Waals surface area contributed by atoms with Crippen molar-refractivity contribution in [1.82, 2.24) is 10.2 Å². The highest BCUT2D eigenvalue weighted by Gasteiger charge is 2.15. The van der Waals surface area contributed by atoms with Gasteiger partial charge in [0.25, 0.3) is 0 Å². The fourth-order valence-corrected chi connectivity index (χ4v) is 3.15. The van der Waals surface area contributed by atoms with E-state index in [0.29, 0.717) is 31.0 Å². The third-order valence-electron chi connectivity index (χ3n) is 3.67. The molecule has 2 rings (SSSR count). The molecule has 0 saturated carbocycles. The first-order chi connectivity index (χ1) is 11.6. The normalized spacial score (nSPS) is 12.2. The first-order valence-electron chi connectivity index (χ1n) is 7.90. The second-order valence-corrected chi connectivity index (χ2v) is 6.96. The van der Waals surface area contributed by atoms with Crippen molar-refractivity contribution in [1.29, 1.82) is 0 Å². The molecule has 1 unspecified atom stereocenters. The van der Waals surface area contributed by atoms with Crippen molar-refractivity contribution in [3.05, 3.63) is 51.7 Å². The van der Waals surface area contributed by atoms with Gasteiger partial charge in [0.2, 0.25) is 5.91 Å². The number of thiophene rings is 1. The number of nitrogens with one attached hydrogen (secondary N) is 1. The number of nitrogens with zero attached hydrogens (tertiary/aromatic N) is 1. The van der Waals surface area contributed by atoms with E-state index in [-0.39, 0.29) is 11.9 Å². The van der Waals surface area contributed by atoms with E-state index in [1.165, 1.54) is 5.56 Å². The van der Waals surface area contributed by atoms with Gasteiger partial charge in [0.05, 0.1) is 12.6 Å². The van der Waals surface area contributed by atoms with E-state index in [9.17, 15) is 4.79 Å². The van der Waals surface area contributed by atoms with Gasteiger partial charge in [-0.2, -0.15) is 11.3 Å². The number of likely N-dealkylation sites (N-methyl/N-ethyl adjacent to an activating group) is 1. The standard InChI is InChI=1S/C18H23ClN2O2S/c1-21(2)17(14-9-11-24-13-14)12-20-18(22)4-3-10-23-16-7-5-15(19)6-8-16/h5-9,11,13,17H,3-4,10,12H2,1-2H3,(H,20,22). The predicted molar refractivity (Wildman–Crippen MR) is 99.9 cm³/mol. The largest absolute Gasteiger partial charge is 0.494 e. The summed E-state index contributed by atoms with van der Waals surface area (Å²) < 4.78 is 5.59. The number of carbonyl (C=O) groups is 1. The average molecular weight is 367 g/mol. The Kier molecular flexibility index (Phi) is 7.56. The molecule has 1 heterocycles. The number of hydrogen-bond acceptors (Lipinski definition) is 4. The Morgan fingerprint density at radius 2 is 2.04 bits per heavy atom. The lowest BCUT2D eigenvalue weighted by Crippen LogP contribution is -2.34. The zero-order valence-corrected chi connectivity index (χ0v) is 15.6. The Balaban J connectivity index is 1.66. The summed E-state index contributed by atoms with van der Waals surface area (Å²) in [5.74, 6) is 0.821. The SMILES string of the molecule is CN(C)C(CNC(=O)CCCOc1ccc(Cl)cc1)c1ccsc1. The van der Waals surface area contributed by atoms with E-state index < -0.39 is 0 Å². The van der Waals surface area contributed by atoms with Crippen molar-refractivity contribution in [2.24, 2.45) is 0 Å². The fraction of sp³-hybridized carbons (Fsp3) is 0.389. The van der Waals surface area contributed by atoms with Crippen LogP contribution in [0.3, 0.4) is 0 Å². The quantitative estimate of drug-likeness (QED) is 0.682. The van der Waals surface area contributed by atoms with E-state index in [1.54, 1.807) is 23.5 Å². The molecule has 24 heavy (non-hydrogen) atoms. The molecular weight excluding hydrogens is 344 g/mol. The summed E-state index contributed by atoms with van der Waals surface area (Å²) in [5, 5.41) is 7.87. The average Bonchev–Trinajstić information content (AvgIpc) is 3.07. The van der Waals surface area contributed by atoms with Crippen molar-refractivity contribution in [2.75, 3.05) is 27.2 Å². The summed E-state index contributed by atoms with van der Waals surface area (Å²) in [7, 11) is 4.04. The molecule has 1 amide bonds. The maximum atomic E-state index is 12.0. The molecule has 1 aromatic heterocycles. The molecular formula is C18H23ClN2O2S. The molecule has 1 aromatic carbocycles. The van der Waals surface area contributed by atoms with Crippen LogP contribution in [0.2, 0.25) is 5.02 Å². The van der Waals surface area contributed by atoms with Crippen LogP contribution in [0, 0.1) is 0 Å². The highest BCUT2D eigenvalue weighted by atomic mass is 35.5. The summed E-state index contributed by atoms with van der Waals surface area (Å²) in [6.07, 6.45) is 1.14. The van der Waals surface area contributed by atoms with E-state index >= 15 is 0 Å². The maximum Gasteiger partial charge on any atom is 0.220 e. The van der Waals surface area contributed by atoms with Gasteiger partial charge in [-0.1, -0.05) is 11.6 Å². The molecule has 1 N–H and O–H groups in total. The zero-order chi connectivity index (χ0) is 17.4. The van der Waals surface area contributed by atoms with E-state index in [1.807, 2.05) is 26.2 Å². The van der Waals surface area contributed by atoms with Crippen molar-refractivity contribution in [2.45, 2.75) is 18.9 Å². The Hall–Kier alpha value is -1.56. The Bertz CT molecular complexity index is 614. The van der Waals surface area contributed by atoms with E-state index in [4.69, 9.17) is 16.3 Å². The minimum Gasteiger partial charge on any atom is -0.494 e. The van der Waals surface area contributed by atoms with E-state index in [0.717, 1.165) is 5.75 Å². The molecule has 6 heteroatoms.